The summed E-state index contributed by atoms with van der Waals surface area (Å²) in [7, 11) is -3.78. The van der Waals surface area contributed by atoms with Gasteiger partial charge in [0.25, 0.3) is 5.91 Å². The summed E-state index contributed by atoms with van der Waals surface area (Å²) in [6.45, 7) is 7.25. The predicted octanol–water partition coefficient (Wildman–Crippen LogP) is 2.12. The number of allylic oxidation sites excluding steroid dienone is 1. The summed E-state index contributed by atoms with van der Waals surface area (Å²) in [5, 5.41) is 4.65. The number of nitrogens with one attached hydrogen (secondary N) is 3. The van der Waals surface area contributed by atoms with Crippen molar-refractivity contribution in [2.45, 2.75) is 108 Å². The number of rotatable bonds is 12. The number of carbonyl (C=O) groups is 4. The number of likely N-dealkylation sites (tertiary alicyclic amines) is 1. The van der Waals surface area contributed by atoms with Crippen LogP contribution in [0.15, 0.2) is 12.2 Å². The van der Waals surface area contributed by atoms with Crippen molar-refractivity contribution in [2.24, 2.45) is 5.92 Å². The Kier molecular flexibility index (Phi) is 9.48. The minimum absolute atomic E-state index is 0.288. The van der Waals surface area contributed by atoms with Gasteiger partial charge < -0.3 is 20.3 Å². The minimum Gasteiger partial charge on any atom is -0.444 e. The fourth-order valence-corrected chi connectivity index (χ4v) is 6.00. The van der Waals surface area contributed by atoms with Crippen molar-refractivity contribution < 1.29 is 32.3 Å². The van der Waals surface area contributed by atoms with Crippen LogP contribution in [0.1, 0.15) is 85.5 Å². The molecule has 0 spiro atoms. The molecule has 1 aliphatic heterocycles. The lowest BCUT2D eigenvalue weighted by molar-refractivity contribution is -0.139. The summed E-state index contributed by atoms with van der Waals surface area (Å²) in [6, 6.07) is -0.817. The van der Waals surface area contributed by atoms with E-state index in [0.717, 1.165) is 25.7 Å². The SMILES string of the molecule is CCCCCC=CC1CC1(NC(=O)C1CCCN1C(=O)CNC(=O)OC(C)(C)C)C(=O)NS(=O)(=O)C1CC1. The van der Waals surface area contributed by atoms with Crippen molar-refractivity contribution in [1.82, 2.24) is 20.3 Å². The summed E-state index contributed by atoms with van der Waals surface area (Å²) in [6.07, 6.45) is 9.45. The molecule has 2 saturated carbocycles. The van der Waals surface area contributed by atoms with Crippen LogP contribution < -0.4 is 15.4 Å². The molecule has 3 aliphatic rings. The first-order valence-electron chi connectivity index (χ1n) is 13.6. The van der Waals surface area contributed by atoms with Gasteiger partial charge in [0.15, 0.2) is 0 Å². The van der Waals surface area contributed by atoms with Crippen LogP contribution in [-0.2, 0) is 29.1 Å². The number of nitrogens with zero attached hydrogens (tertiary/aromatic N) is 1. The summed E-state index contributed by atoms with van der Waals surface area (Å²) in [5.74, 6) is -2.01. The molecular weight excluding hydrogens is 512 g/mol. The average Bonchev–Trinajstić information content (AvgIpc) is 3.73. The standard InChI is InChI=1S/C26H42N4O7S/c1-5-6-7-8-9-11-18-16-26(18,23(33)29-38(35,36)19-13-14-19)28-22(32)20-12-10-15-30(20)21(31)17-27-24(34)37-25(2,3)4/h9,11,18-20H,5-8,10,12-17H2,1-4H3,(H,27,34)(H,28,32)(H,29,33). The number of ether oxygens (including phenoxy) is 1. The fourth-order valence-electron chi connectivity index (χ4n) is 4.64. The summed E-state index contributed by atoms with van der Waals surface area (Å²) >= 11 is 0. The van der Waals surface area contributed by atoms with E-state index in [2.05, 4.69) is 22.3 Å². The van der Waals surface area contributed by atoms with Crippen molar-refractivity contribution >= 4 is 33.8 Å². The molecule has 3 atom stereocenters. The Morgan fingerprint density at radius 1 is 1.11 bits per heavy atom. The van der Waals surface area contributed by atoms with E-state index in [1.165, 1.54) is 4.90 Å². The molecule has 3 fully saturated rings. The smallest absolute Gasteiger partial charge is 0.408 e. The number of hydrogen-bond donors (Lipinski definition) is 3. The molecule has 3 unspecified atom stereocenters. The van der Waals surface area contributed by atoms with Gasteiger partial charge in [0.05, 0.1) is 5.25 Å². The van der Waals surface area contributed by atoms with E-state index >= 15 is 0 Å². The molecule has 12 heteroatoms. The van der Waals surface area contributed by atoms with Crippen LogP contribution in [-0.4, -0.2) is 72.7 Å². The number of alkyl carbamates (subject to hydrolysis) is 1. The van der Waals surface area contributed by atoms with Crippen molar-refractivity contribution in [3.05, 3.63) is 12.2 Å². The van der Waals surface area contributed by atoms with Crippen molar-refractivity contribution in [1.29, 1.82) is 0 Å². The Morgan fingerprint density at radius 2 is 1.82 bits per heavy atom. The van der Waals surface area contributed by atoms with Gasteiger partial charge in [0.2, 0.25) is 21.8 Å². The van der Waals surface area contributed by atoms with Crippen LogP contribution in [0.5, 0.6) is 0 Å². The van der Waals surface area contributed by atoms with Gasteiger partial charge in [-0.25, -0.2) is 13.2 Å². The lowest BCUT2D eigenvalue weighted by Crippen LogP contribution is -2.57. The monoisotopic (exact) mass is 554 g/mol. The minimum atomic E-state index is -3.78. The van der Waals surface area contributed by atoms with Gasteiger partial charge in [-0.15, -0.1) is 0 Å². The normalized spacial score (nSPS) is 25.2. The summed E-state index contributed by atoms with van der Waals surface area (Å²) < 4.78 is 32.2. The highest BCUT2D eigenvalue weighted by molar-refractivity contribution is 7.91. The second-order valence-electron chi connectivity index (χ2n) is 11.5. The predicted molar refractivity (Wildman–Crippen MR) is 141 cm³/mol. The highest BCUT2D eigenvalue weighted by Gasteiger charge is 2.61. The molecule has 2 aliphatic carbocycles. The second-order valence-corrected chi connectivity index (χ2v) is 13.4. The molecule has 1 saturated heterocycles. The summed E-state index contributed by atoms with van der Waals surface area (Å²) in [5.41, 5.74) is -2.08. The molecule has 38 heavy (non-hydrogen) atoms. The Balaban J connectivity index is 1.65. The van der Waals surface area contributed by atoms with E-state index in [1.807, 2.05) is 12.2 Å². The van der Waals surface area contributed by atoms with Crippen LogP contribution >= 0.6 is 0 Å². The molecule has 0 aromatic rings. The first-order chi connectivity index (χ1) is 17.8. The molecule has 0 radical (unpaired) electrons. The van der Waals surface area contributed by atoms with Crippen LogP contribution in [0.2, 0.25) is 0 Å². The molecule has 4 amide bonds. The van der Waals surface area contributed by atoms with E-state index in [-0.39, 0.29) is 18.9 Å². The van der Waals surface area contributed by atoms with Crippen LogP contribution in [0.25, 0.3) is 0 Å². The summed E-state index contributed by atoms with van der Waals surface area (Å²) in [4.78, 5) is 52.7. The van der Waals surface area contributed by atoms with Gasteiger partial charge in [-0.3, -0.25) is 19.1 Å². The van der Waals surface area contributed by atoms with Gasteiger partial charge in [-0.05, 0) is 65.7 Å². The van der Waals surface area contributed by atoms with E-state index in [0.29, 0.717) is 32.2 Å². The quantitative estimate of drug-likeness (QED) is 0.247. The van der Waals surface area contributed by atoms with E-state index < -0.39 is 56.3 Å². The molecule has 1 heterocycles. The van der Waals surface area contributed by atoms with E-state index in [1.54, 1.807) is 20.8 Å². The first kappa shape index (κ1) is 29.9. The third-order valence-electron chi connectivity index (χ3n) is 6.97. The maximum Gasteiger partial charge on any atom is 0.408 e. The second kappa shape index (κ2) is 12.0. The molecule has 11 nitrogen and oxygen atoms in total. The van der Waals surface area contributed by atoms with Gasteiger partial charge in [-0.1, -0.05) is 31.9 Å². The molecule has 3 rings (SSSR count). The van der Waals surface area contributed by atoms with Gasteiger partial charge in [0, 0.05) is 12.5 Å². The molecule has 0 aromatic heterocycles. The lowest BCUT2D eigenvalue weighted by atomic mass is 10.1. The first-order valence-corrected chi connectivity index (χ1v) is 15.1. The van der Waals surface area contributed by atoms with Crippen LogP contribution in [0.3, 0.4) is 0 Å². The molecule has 0 aromatic carbocycles. The maximum atomic E-state index is 13.3. The number of sulfonamides is 1. The number of amides is 4. The number of carbonyl (C=O) groups excluding carboxylic acids is 4. The zero-order valence-corrected chi connectivity index (χ0v) is 23.7. The zero-order chi connectivity index (χ0) is 28.1. The molecule has 3 N–H and O–H groups in total. The van der Waals surface area contributed by atoms with Crippen molar-refractivity contribution in [3.63, 3.8) is 0 Å². The van der Waals surface area contributed by atoms with Crippen molar-refractivity contribution in [2.75, 3.05) is 13.1 Å². The molecule has 214 valence electrons. The topological polar surface area (TPSA) is 151 Å². The third kappa shape index (κ3) is 7.94. The van der Waals surface area contributed by atoms with E-state index in [4.69, 9.17) is 4.74 Å². The van der Waals surface area contributed by atoms with Crippen LogP contribution in [0, 0.1) is 5.92 Å². The van der Waals surface area contributed by atoms with Gasteiger partial charge in [-0.2, -0.15) is 0 Å². The average molecular weight is 555 g/mol. The van der Waals surface area contributed by atoms with E-state index in [9.17, 15) is 27.6 Å². The third-order valence-corrected chi connectivity index (χ3v) is 8.78. The highest BCUT2D eigenvalue weighted by Crippen LogP contribution is 2.46. The van der Waals surface area contributed by atoms with Crippen molar-refractivity contribution in [3.8, 4) is 0 Å². The number of hydrogen-bond acceptors (Lipinski definition) is 7. The number of unbranched alkanes of at least 4 members (excludes halogenated alkanes) is 3. The highest BCUT2D eigenvalue weighted by atomic mass is 32.2. The van der Waals surface area contributed by atoms with Gasteiger partial charge >= 0.3 is 6.09 Å². The Hall–Kier alpha value is -2.63. The fraction of sp³-hybridized carbons (Fsp3) is 0.769. The van der Waals surface area contributed by atoms with Crippen LogP contribution in [0.4, 0.5) is 4.79 Å². The van der Waals surface area contributed by atoms with Gasteiger partial charge in [0.1, 0.15) is 23.7 Å². The maximum absolute atomic E-state index is 13.3. The largest absolute Gasteiger partial charge is 0.444 e. The Labute approximate surface area is 225 Å². The molecular formula is C26H42N4O7S. The lowest BCUT2D eigenvalue weighted by Gasteiger charge is -2.27. The zero-order valence-electron chi connectivity index (χ0n) is 22.9. The Morgan fingerprint density at radius 3 is 2.45 bits per heavy atom. The molecule has 0 bridgehead atoms. The Bertz CT molecular complexity index is 1050.